The van der Waals surface area contributed by atoms with Crippen LogP contribution in [0, 0.1) is 6.92 Å². The van der Waals surface area contributed by atoms with Gasteiger partial charge in [0.1, 0.15) is 5.60 Å². The molecule has 1 amide bonds. The first-order valence-corrected chi connectivity index (χ1v) is 10.6. The minimum Gasteiger partial charge on any atom is -0.444 e. The van der Waals surface area contributed by atoms with E-state index in [0.717, 1.165) is 42.5 Å². The number of nitrogens with one attached hydrogen (secondary N) is 1. The summed E-state index contributed by atoms with van der Waals surface area (Å²) in [5.74, 6) is 0.0493. The van der Waals surface area contributed by atoms with Crippen molar-refractivity contribution in [2.45, 2.75) is 84.4 Å². The van der Waals surface area contributed by atoms with Crippen molar-refractivity contribution in [1.29, 1.82) is 0 Å². The Labute approximate surface area is 178 Å². The number of hydrogen-bond acceptors (Lipinski definition) is 5. The van der Waals surface area contributed by atoms with Crippen LogP contribution in [0.2, 0.25) is 0 Å². The largest absolute Gasteiger partial charge is 0.444 e. The van der Waals surface area contributed by atoms with Crippen LogP contribution in [0.5, 0.6) is 0 Å². The second-order valence-electron chi connectivity index (χ2n) is 9.14. The van der Waals surface area contributed by atoms with Crippen molar-refractivity contribution in [1.82, 2.24) is 20.1 Å². The quantitative estimate of drug-likeness (QED) is 0.736. The van der Waals surface area contributed by atoms with E-state index in [2.05, 4.69) is 21.2 Å². The molecule has 2 heterocycles. The molecule has 30 heavy (non-hydrogen) atoms. The molecule has 0 bridgehead atoms. The van der Waals surface area contributed by atoms with Gasteiger partial charge in [0.25, 0.3) is 0 Å². The number of carbonyl (C=O) groups excluding carboxylic acids is 2. The van der Waals surface area contributed by atoms with E-state index in [4.69, 9.17) is 9.84 Å². The molecule has 2 aromatic rings. The van der Waals surface area contributed by atoms with Crippen LogP contribution in [-0.2, 0) is 11.2 Å². The number of hydrogen-bond donors (Lipinski definition) is 1. The van der Waals surface area contributed by atoms with Gasteiger partial charge in [0.2, 0.25) is 0 Å². The van der Waals surface area contributed by atoms with Crippen molar-refractivity contribution < 1.29 is 14.3 Å². The summed E-state index contributed by atoms with van der Waals surface area (Å²) < 4.78 is 7.41. The molecule has 0 spiro atoms. The molecule has 162 valence electrons. The smallest absolute Gasteiger partial charge is 0.407 e. The molecule has 0 atom stereocenters. The van der Waals surface area contributed by atoms with Crippen LogP contribution in [0.25, 0.3) is 0 Å². The lowest BCUT2D eigenvalue weighted by molar-refractivity contribution is 0.0487. The average molecular weight is 413 g/mol. The number of ketones is 1. The summed E-state index contributed by atoms with van der Waals surface area (Å²) in [6.07, 6.45) is 9.51. The van der Waals surface area contributed by atoms with Gasteiger partial charge in [-0.2, -0.15) is 5.10 Å². The lowest BCUT2D eigenvalue weighted by Crippen LogP contribution is -2.41. The Balaban J connectivity index is 1.60. The maximum atomic E-state index is 12.0. The second-order valence-corrected chi connectivity index (χ2v) is 9.14. The lowest BCUT2D eigenvalue weighted by Gasteiger charge is -2.30. The molecule has 0 aliphatic heterocycles. The van der Waals surface area contributed by atoms with Gasteiger partial charge in [0.05, 0.1) is 11.7 Å². The number of pyridine rings is 1. The van der Waals surface area contributed by atoms with Crippen molar-refractivity contribution in [2.24, 2.45) is 0 Å². The Morgan fingerprint density at radius 3 is 2.53 bits per heavy atom. The molecule has 1 N–H and O–H groups in total. The fourth-order valence-electron chi connectivity index (χ4n) is 3.96. The predicted molar refractivity (Wildman–Crippen MR) is 115 cm³/mol. The van der Waals surface area contributed by atoms with Crippen molar-refractivity contribution in [2.75, 3.05) is 0 Å². The average Bonchev–Trinajstić information content (AvgIpc) is 3.01. The number of alkyl carbamates (subject to hydrolysis) is 1. The Hall–Kier alpha value is -2.70. The van der Waals surface area contributed by atoms with Crippen LogP contribution in [0.4, 0.5) is 4.79 Å². The van der Waals surface area contributed by atoms with Gasteiger partial charge in [-0.1, -0.05) is 0 Å². The highest BCUT2D eigenvalue weighted by Gasteiger charge is 2.26. The van der Waals surface area contributed by atoms with E-state index >= 15 is 0 Å². The summed E-state index contributed by atoms with van der Waals surface area (Å²) in [6.45, 7) is 9.19. The van der Waals surface area contributed by atoms with Crippen LogP contribution in [0.3, 0.4) is 0 Å². The van der Waals surface area contributed by atoms with E-state index in [9.17, 15) is 9.59 Å². The van der Waals surface area contributed by atoms with Crippen molar-refractivity contribution in [3.05, 3.63) is 47.0 Å². The minimum absolute atomic E-state index is 0.0493. The molecule has 0 radical (unpaired) electrons. The number of ether oxygens (including phenoxy) is 1. The first kappa shape index (κ1) is 22.0. The summed E-state index contributed by atoms with van der Waals surface area (Å²) in [6, 6.07) is 2.23. The molecular weight excluding hydrogens is 380 g/mol. The molecule has 1 aliphatic carbocycles. The van der Waals surface area contributed by atoms with Crippen LogP contribution >= 0.6 is 0 Å². The van der Waals surface area contributed by atoms with Crippen LogP contribution in [0.1, 0.15) is 86.6 Å². The number of aryl methyl sites for hydroxylation is 1. The number of carbonyl (C=O) groups is 2. The van der Waals surface area contributed by atoms with E-state index in [1.165, 1.54) is 0 Å². The lowest BCUT2D eigenvalue weighted by atomic mass is 9.91. The second kappa shape index (κ2) is 8.98. The number of rotatable bonds is 5. The van der Waals surface area contributed by atoms with Crippen molar-refractivity contribution in [3.8, 4) is 0 Å². The molecule has 3 rings (SSSR count). The van der Waals surface area contributed by atoms with Gasteiger partial charge in [0, 0.05) is 36.6 Å². The van der Waals surface area contributed by atoms with Gasteiger partial charge >= 0.3 is 6.09 Å². The zero-order valence-electron chi connectivity index (χ0n) is 18.6. The van der Waals surface area contributed by atoms with Crippen molar-refractivity contribution >= 4 is 11.9 Å². The van der Waals surface area contributed by atoms with E-state index in [-0.39, 0.29) is 17.9 Å². The highest BCUT2D eigenvalue weighted by Crippen LogP contribution is 2.29. The number of nitrogens with zero attached hydrogens (tertiary/aromatic N) is 3. The fourth-order valence-corrected chi connectivity index (χ4v) is 3.96. The Bertz CT molecular complexity index is 905. The van der Waals surface area contributed by atoms with Crippen LogP contribution in [0.15, 0.2) is 24.7 Å². The Morgan fingerprint density at radius 2 is 1.90 bits per heavy atom. The van der Waals surface area contributed by atoms with Crippen LogP contribution in [-0.4, -0.2) is 38.3 Å². The SMILES string of the molecule is CC(=O)c1ccncc1Cc1cn(C2CCC(NC(=O)OC(C)(C)C)CC2)nc1C. The minimum atomic E-state index is -0.485. The number of amides is 1. The van der Waals surface area contributed by atoms with Gasteiger partial charge in [-0.25, -0.2) is 4.79 Å². The van der Waals surface area contributed by atoms with Crippen molar-refractivity contribution in [3.63, 3.8) is 0 Å². The first-order valence-electron chi connectivity index (χ1n) is 10.6. The zero-order valence-corrected chi connectivity index (χ0v) is 18.6. The zero-order chi connectivity index (χ0) is 21.9. The third kappa shape index (κ3) is 5.68. The third-order valence-corrected chi connectivity index (χ3v) is 5.47. The first-order chi connectivity index (χ1) is 14.1. The maximum absolute atomic E-state index is 12.0. The predicted octanol–water partition coefficient (Wildman–Crippen LogP) is 4.39. The van der Waals surface area contributed by atoms with E-state index in [1.807, 2.05) is 27.7 Å². The highest BCUT2D eigenvalue weighted by molar-refractivity contribution is 5.95. The summed E-state index contributed by atoms with van der Waals surface area (Å²) >= 11 is 0. The molecule has 2 aromatic heterocycles. The normalized spacial score (nSPS) is 19.4. The summed E-state index contributed by atoms with van der Waals surface area (Å²) in [5.41, 5.74) is 3.24. The Kier molecular flexibility index (Phi) is 6.58. The van der Waals surface area contributed by atoms with E-state index < -0.39 is 5.60 Å². The molecule has 1 aliphatic rings. The van der Waals surface area contributed by atoms with Crippen LogP contribution < -0.4 is 5.32 Å². The number of aromatic nitrogens is 3. The topological polar surface area (TPSA) is 86.1 Å². The summed E-state index contributed by atoms with van der Waals surface area (Å²) in [7, 11) is 0. The number of Topliss-reactive ketones (excluding diaryl/α,β-unsaturated/α-hetero) is 1. The van der Waals surface area contributed by atoms with E-state index in [1.54, 1.807) is 25.4 Å². The monoisotopic (exact) mass is 412 g/mol. The van der Waals surface area contributed by atoms with E-state index in [0.29, 0.717) is 18.0 Å². The molecule has 0 saturated heterocycles. The molecule has 1 fully saturated rings. The van der Waals surface area contributed by atoms with Gasteiger partial charge in [-0.15, -0.1) is 0 Å². The summed E-state index contributed by atoms with van der Waals surface area (Å²) in [5, 5.41) is 7.72. The van der Waals surface area contributed by atoms with Gasteiger partial charge in [-0.3, -0.25) is 14.5 Å². The van der Waals surface area contributed by atoms with Gasteiger partial charge < -0.3 is 10.1 Å². The molecule has 7 heteroatoms. The van der Waals surface area contributed by atoms with Gasteiger partial charge in [-0.05, 0) is 77.5 Å². The Morgan fingerprint density at radius 1 is 1.20 bits per heavy atom. The maximum Gasteiger partial charge on any atom is 0.407 e. The molecular formula is C23H32N4O3. The molecule has 0 aromatic carbocycles. The molecule has 1 saturated carbocycles. The molecule has 7 nitrogen and oxygen atoms in total. The fraction of sp³-hybridized carbons (Fsp3) is 0.565. The standard InChI is InChI=1S/C23H32N4O3/c1-15-18(12-17-13-24-11-10-21(17)16(2)28)14-27(26-15)20-8-6-19(7-9-20)25-22(29)30-23(3,4)5/h10-11,13-14,19-20H,6-9,12H2,1-5H3,(H,25,29). The highest BCUT2D eigenvalue weighted by atomic mass is 16.6. The molecule has 0 unspecified atom stereocenters. The van der Waals surface area contributed by atoms with Gasteiger partial charge in [0.15, 0.2) is 5.78 Å². The summed E-state index contributed by atoms with van der Waals surface area (Å²) in [4.78, 5) is 28.1. The third-order valence-electron chi connectivity index (χ3n) is 5.47.